The molecule has 0 unspecified atom stereocenters. The van der Waals surface area contributed by atoms with E-state index in [4.69, 9.17) is 11.2 Å². The molecule has 0 heterocycles. The van der Waals surface area contributed by atoms with E-state index in [9.17, 15) is 22.0 Å². The maximum atomic E-state index is 12.6. The molecule has 7 heteroatoms. The van der Waals surface area contributed by atoms with Crippen molar-refractivity contribution in [3.63, 3.8) is 0 Å². The fourth-order valence-corrected chi connectivity index (χ4v) is 2.89. The van der Waals surface area contributed by atoms with Gasteiger partial charge in [0, 0.05) is 6.42 Å². The first kappa shape index (κ1) is 19.1. The van der Waals surface area contributed by atoms with Gasteiger partial charge in [0.2, 0.25) is 9.84 Å². The Bertz CT molecular complexity index is 663. The van der Waals surface area contributed by atoms with Crippen LogP contribution in [0.4, 0.5) is 8.78 Å². The lowest BCUT2D eigenvalue weighted by molar-refractivity contribution is -0.143. The highest BCUT2D eigenvalue weighted by atomic mass is 32.2. The number of terminal acetylenes is 1. The summed E-state index contributed by atoms with van der Waals surface area (Å²) in [7, 11) is -4.75. The van der Waals surface area contributed by atoms with Gasteiger partial charge in [-0.3, -0.25) is 4.79 Å². The number of halogens is 2. The molecule has 0 saturated carbocycles. The third-order valence-corrected chi connectivity index (χ3v) is 4.56. The zero-order chi connectivity index (χ0) is 17.3. The molecule has 0 aliphatic carbocycles. The largest absolute Gasteiger partial charge is 0.465 e. The van der Waals surface area contributed by atoms with E-state index in [0.29, 0.717) is 12.8 Å². The summed E-state index contributed by atoms with van der Waals surface area (Å²) in [6, 6.07) is 5.19. The number of carbonyl (C=O) groups excluding carboxylic acids is 1. The Kier molecular flexibility index (Phi) is 7.69. The number of alkyl halides is 2. The third-order valence-electron chi connectivity index (χ3n) is 3.08. The summed E-state index contributed by atoms with van der Waals surface area (Å²) < 4.78 is 53.4. The summed E-state index contributed by atoms with van der Waals surface area (Å²) in [5.41, 5.74) is 0.00475. The summed E-state index contributed by atoms with van der Waals surface area (Å²) in [5.74, 6) is -1.68. The SMILES string of the molecule is C#CCCCCCOC(=O)Cc1ccccc1S(=O)(=O)C(F)F. The number of unbranched alkanes of at least 4 members (excludes halogenated alkanes) is 3. The van der Waals surface area contributed by atoms with Crippen LogP contribution in [0.25, 0.3) is 0 Å². The predicted molar refractivity (Wildman–Crippen MR) is 81.6 cm³/mol. The average Bonchev–Trinajstić information content (AvgIpc) is 2.51. The molecule has 0 bridgehead atoms. The van der Waals surface area contributed by atoms with Crippen LogP contribution in [-0.4, -0.2) is 26.8 Å². The van der Waals surface area contributed by atoms with Crippen LogP contribution in [-0.2, 0) is 25.8 Å². The Hall–Kier alpha value is -1.94. The number of rotatable bonds is 9. The second-order valence-electron chi connectivity index (χ2n) is 4.83. The molecule has 0 aliphatic rings. The molecular weight excluding hydrogens is 326 g/mol. The molecule has 1 aromatic rings. The molecule has 4 nitrogen and oxygen atoms in total. The summed E-state index contributed by atoms with van der Waals surface area (Å²) >= 11 is 0. The molecule has 23 heavy (non-hydrogen) atoms. The molecule has 0 N–H and O–H groups in total. The van der Waals surface area contributed by atoms with Crippen LogP contribution < -0.4 is 0 Å². The summed E-state index contributed by atoms with van der Waals surface area (Å²) in [4.78, 5) is 11.2. The second kappa shape index (κ2) is 9.26. The molecule has 0 aromatic heterocycles. The summed E-state index contributed by atoms with van der Waals surface area (Å²) in [6.45, 7) is 0.188. The number of hydrogen-bond acceptors (Lipinski definition) is 4. The fourth-order valence-electron chi connectivity index (χ4n) is 1.92. The van der Waals surface area contributed by atoms with Crippen molar-refractivity contribution < 1.29 is 26.7 Å². The summed E-state index contributed by atoms with van der Waals surface area (Å²) in [6.07, 6.45) is 7.69. The first-order chi connectivity index (χ1) is 10.9. The molecule has 1 rings (SSSR count). The van der Waals surface area contributed by atoms with Crippen molar-refractivity contribution >= 4 is 15.8 Å². The van der Waals surface area contributed by atoms with E-state index < -0.39 is 26.5 Å². The summed E-state index contributed by atoms with van der Waals surface area (Å²) in [5, 5.41) is 0. The minimum atomic E-state index is -4.75. The normalized spacial score (nSPS) is 11.2. The Morgan fingerprint density at radius 1 is 1.22 bits per heavy atom. The van der Waals surface area contributed by atoms with Crippen molar-refractivity contribution in [1.29, 1.82) is 0 Å². The van der Waals surface area contributed by atoms with Crippen LogP contribution >= 0.6 is 0 Å². The smallest absolute Gasteiger partial charge is 0.341 e. The van der Waals surface area contributed by atoms with Gasteiger partial charge in [0.15, 0.2) is 0 Å². The molecule has 126 valence electrons. The van der Waals surface area contributed by atoms with Crippen molar-refractivity contribution in [2.45, 2.75) is 42.8 Å². The lowest BCUT2D eigenvalue weighted by Gasteiger charge is -2.10. The number of esters is 1. The number of sulfone groups is 1. The fraction of sp³-hybridized carbons (Fsp3) is 0.438. The van der Waals surface area contributed by atoms with E-state index in [2.05, 4.69) is 5.92 Å². The molecule has 0 amide bonds. The van der Waals surface area contributed by atoms with Gasteiger partial charge in [-0.1, -0.05) is 18.2 Å². The molecule has 0 aliphatic heterocycles. The van der Waals surface area contributed by atoms with Gasteiger partial charge in [-0.25, -0.2) is 8.42 Å². The quantitative estimate of drug-likeness (QED) is 0.393. The number of ether oxygens (including phenoxy) is 1. The van der Waals surface area contributed by atoms with Crippen molar-refractivity contribution in [1.82, 2.24) is 0 Å². The molecule has 0 fully saturated rings. The lowest BCUT2D eigenvalue weighted by Crippen LogP contribution is -2.16. The van der Waals surface area contributed by atoms with Crippen molar-refractivity contribution in [3.05, 3.63) is 29.8 Å². The van der Waals surface area contributed by atoms with E-state index >= 15 is 0 Å². The maximum absolute atomic E-state index is 12.6. The van der Waals surface area contributed by atoms with Crippen LogP contribution in [0, 0.1) is 12.3 Å². The van der Waals surface area contributed by atoms with Gasteiger partial charge in [-0.2, -0.15) is 8.78 Å². The van der Waals surface area contributed by atoms with Gasteiger partial charge < -0.3 is 4.74 Å². The van der Waals surface area contributed by atoms with Gasteiger partial charge >= 0.3 is 11.7 Å². The maximum Gasteiger partial charge on any atom is 0.341 e. The Morgan fingerprint density at radius 3 is 2.57 bits per heavy atom. The number of carbonyl (C=O) groups is 1. The second-order valence-corrected chi connectivity index (χ2v) is 6.71. The number of hydrogen-bond donors (Lipinski definition) is 0. The average molecular weight is 344 g/mol. The Morgan fingerprint density at radius 2 is 1.91 bits per heavy atom. The standard InChI is InChI=1S/C16H18F2O4S/c1-2-3-4-5-8-11-22-15(19)12-13-9-6-7-10-14(13)23(20,21)16(17)18/h1,6-7,9-10,16H,3-5,8,11-12H2. The van der Waals surface area contributed by atoms with E-state index in [0.717, 1.165) is 18.9 Å². The molecule has 0 radical (unpaired) electrons. The van der Waals surface area contributed by atoms with Crippen LogP contribution in [0.1, 0.15) is 31.2 Å². The highest BCUT2D eigenvalue weighted by molar-refractivity contribution is 7.91. The van der Waals surface area contributed by atoms with Crippen molar-refractivity contribution in [2.24, 2.45) is 0 Å². The van der Waals surface area contributed by atoms with E-state index in [1.165, 1.54) is 18.2 Å². The lowest BCUT2D eigenvalue weighted by atomic mass is 10.1. The zero-order valence-electron chi connectivity index (χ0n) is 12.5. The van der Waals surface area contributed by atoms with Crippen LogP contribution in [0.15, 0.2) is 29.2 Å². The molecule has 0 saturated heterocycles. The molecule has 1 aromatic carbocycles. The topological polar surface area (TPSA) is 60.4 Å². The predicted octanol–water partition coefficient (Wildman–Crippen LogP) is 2.96. The first-order valence-electron chi connectivity index (χ1n) is 7.08. The van der Waals surface area contributed by atoms with E-state index in [1.807, 2.05) is 0 Å². The van der Waals surface area contributed by atoms with Crippen LogP contribution in [0.5, 0.6) is 0 Å². The minimum Gasteiger partial charge on any atom is -0.465 e. The van der Waals surface area contributed by atoms with Gasteiger partial charge in [-0.05, 0) is 30.9 Å². The van der Waals surface area contributed by atoms with E-state index in [-0.39, 0.29) is 18.6 Å². The minimum absolute atomic E-state index is 0.00475. The van der Waals surface area contributed by atoms with Gasteiger partial charge in [0.05, 0.1) is 17.9 Å². The van der Waals surface area contributed by atoms with Crippen molar-refractivity contribution in [3.8, 4) is 12.3 Å². The van der Waals surface area contributed by atoms with Crippen LogP contribution in [0.3, 0.4) is 0 Å². The number of benzene rings is 1. The van der Waals surface area contributed by atoms with E-state index in [1.54, 1.807) is 0 Å². The first-order valence-corrected chi connectivity index (χ1v) is 8.63. The molecular formula is C16H18F2O4S. The van der Waals surface area contributed by atoms with Gasteiger partial charge in [-0.15, -0.1) is 12.3 Å². The van der Waals surface area contributed by atoms with Gasteiger partial charge in [0.1, 0.15) is 0 Å². The monoisotopic (exact) mass is 344 g/mol. The van der Waals surface area contributed by atoms with Gasteiger partial charge in [0.25, 0.3) is 0 Å². The Balaban J connectivity index is 2.61. The zero-order valence-corrected chi connectivity index (χ0v) is 13.3. The Labute approximate surface area is 134 Å². The highest BCUT2D eigenvalue weighted by Crippen LogP contribution is 2.22. The van der Waals surface area contributed by atoms with Crippen molar-refractivity contribution in [2.75, 3.05) is 6.61 Å². The van der Waals surface area contributed by atoms with Crippen LogP contribution in [0.2, 0.25) is 0 Å². The highest BCUT2D eigenvalue weighted by Gasteiger charge is 2.29. The molecule has 0 atom stereocenters. The third kappa shape index (κ3) is 5.99. The molecule has 0 spiro atoms.